The van der Waals surface area contributed by atoms with E-state index in [0.717, 1.165) is 6.42 Å². The van der Waals surface area contributed by atoms with Crippen LogP contribution in [0.1, 0.15) is 22.5 Å². The summed E-state index contributed by atoms with van der Waals surface area (Å²) in [6.07, 6.45) is 1.06. The summed E-state index contributed by atoms with van der Waals surface area (Å²) in [5.74, 6) is 0.190. The first-order valence-corrected chi connectivity index (χ1v) is 8.57. The lowest BCUT2D eigenvalue weighted by Crippen LogP contribution is -2.08. The zero-order chi connectivity index (χ0) is 16.9. The number of carboxylic acid groups (broad SMARTS) is 1. The Bertz CT molecular complexity index is 707. The Kier molecular flexibility index (Phi) is 5.48. The average molecular weight is 392 g/mol. The number of ether oxygens (including phenoxy) is 2. The Morgan fingerprint density at radius 3 is 2.67 bits per heavy atom. The molecule has 5 nitrogen and oxygen atoms in total. The summed E-state index contributed by atoms with van der Waals surface area (Å²) >= 11 is 3.33. The van der Waals surface area contributed by atoms with Crippen molar-refractivity contribution in [1.29, 1.82) is 0 Å². The molecule has 1 aromatic carbocycles. The van der Waals surface area contributed by atoms with E-state index in [1.165, 1.54) is 11.6 Å². The van der Waals surface area contributed by atoms with Gasteiger partial charge in [0.2, 0.25) is 5.88 Å². The number of benzene rings is 1. The molecule has 1 aromatic heterocycles. The van der Waals surface area contributed by atoms with E-state index in [1.54, 1.807) is 6.07 Å². The number of halogens is 1. The van der Waals surface area contributed by atoms with E-state index in [-0.39, 0.29) is 5.69 Å². The second-order valence-corrected chi connectivity index (χ2v) is 6.71. The Labute approximate surface area is 148 Å². The summed E-state index contributed by atoms with van der Waals surface area (Å²) in [6, 6.07) is 13.2. The Hall–Kier alpha value is -1.92. The van der Waals surface area contributed by atoms with Crippen LogP contribution in [-0.2, 0) is 11.3 Å². The second kappa shape index (κ2) is 7.77. The predicted molar refractivity (Wildman–Crippen MR) is 92.1 cm³/mol. The average Bonchev–Trinajstić information content (AvgIpc) is 3.33. The van der Waals surface area contributed by atoms with Crippen molar-refractivity contribution in [2.45, 2.75) is 13.0 Å². The Balaban J connectivity index is 1.41. The van der Waals surface area contributed by atoms with Gasteiger partial charge in [0.15, 0.2) is 5.69 Å². The molecule has 1 saturated carbocycles. The van der Waals surface area contributed by atoms with Crippen LogP contribution in [0.5, 0.6) is 5.88 Å². The number of carboxylic acids is 1. The fourth-order valence-corrected chi connectivity index (χ4v) is 2.79. The maximum absolute atomic E-state index is 11.0. The van der Waals surface area contributed by atoms with Crippen molar-refractivity contribution in [2.24, 2.45) is 11.8 Å². The van der Waals surface area contributed by atoms with E-state index < -0.39 is 5.97 Å². The van der Waals surface area contributed by atoms with Gasteiger partial charge >= 0.3 is 5.97 Å². The lowest BCUT2D eigenvalue weighted by atomic mass is 10.2. The van der Waals surface area contributed by atoms with Crippen LogP contribution in [-0.4, -0.2) is 29.3 Å². The van der Waals surface area contributed by atoms with Crippen LogP contribution in [0.4, 0.5) is 0 Å². The van der Waals surface area contributed by atoms with Crippen molar-refractivity contribution in [3.8, 4) is 5.88 Å². The molecule has 1 aliphatic rings. The normalized spacial score (nSPS) is 19.0. The van der Waals surface area contributed by atoms with Crippen molar-refractivity contribution in [2.75, 3.05) is 13.2 Å². The zero-order valence-corrected chi connectivity index (χ0v) is 14.6. The molecule has 0 bridgehead atoms. The van der Waals surface area contributed by atoms with Crippen LogP contribution >= 0.6 is 15.9 Å². The van der Waals surface area contributed by atoms with Crippen LogP contribution in [0.15, 0.2) is 46.9 Å². The van der Waals surface area contributed by atoms with Gasteiger partial charge in [0.05, 0.1) is 24.3 Å². The number of carbonyl (C=O) groups is 1. The molecule has 1 aliphatic carbocycles. The first-order chi connectivity index (χ1) is 11.6. The molecule has 1 N–H and O–H groups in total. The van der Waals surface area contributed by atoms with Crippen LogP contribution < -0.4 is 4.74 Å². The van der Waals surface area contributed by atoms with Crippen LogP contribution in [0.25, 0.3) is 0 Å². The van der Waals surface area contributed by atoms with Gasteiger partial charge in [-0.15, -0.1) is 0 Å². The molecule has 2 aromatic rings. The van der Waals surface area contributed by atoms with Crippen LogP contribution in [0, 0.1) is 11.8 Å². The number of hydrogen-bond donors (Lipinski definition) is 1. The SMILES string of the molecule is O=C(O)c1ccc(Br)c(OCC2C[C@@H]2COCc2ccccc2)n1. The van der Waals surface area contributed by atoms with E-state index in [9.17, 15) is 4.79 Å². The Morgan fingerprint density at radius 2 is 1.92 bits per heavy atom. The minimum Gasteiger partial charge on any atom is -0.477 e. The Morgan fingerprint density at radius 1 is 1.17 bits per heavy atom. The van der Waals surface area contributed by atoms with Crippen molar-refractivity contribution >= 4 is 21.9 Å². The molecule has 0 aliphatic heterocycles. The third-order valence-corrected chi connectivity index (χ3v) is 4.58. The highest BCUT2D eigenvalue weighted by Crippen LogP contribution is 2.39. The molecule has 126 valence electrons. The highest BCUT2D eigenvalue weighted by atomic mass is 79.9. The van der Waals surface area contributed by atoms with Crippen LogP contribution in [0.3, 0.4) is 0 Å². The van der Waals surface area contributed by atoms with Crippen molar-refractivity contribution < 1.29 is 19.4 Å². The number of hydrogen-bond acceptors (Lipinski definition) is 4. The van der Waals surface area contributed by atoms with Gasteiger partial charge in [0.25, 0.3) is 0 Å². The summed E-state index contributed by atoms with van der Waals surface area (Å²) in [4.78, 5) is 15.0. The molecular weight excluding hydrogens is 374 g/mol. The number of aromatic carboxylic acids is 1. The molecule has 0 radical (unpaired) electrons. The van der Waals surface area contributed by atoms with Gasteiger partial charge in [-0.1, -0.05) is 30.3 Å². The van der Waals surface area contributed by atoms with Crippen molar-refractivity contribution in [3.63, 3.8) is 0 Å². The van der Waals surface area contributed by atoms with E-state index in [4.69, 9.17) is 14.6 Å². The van der Waals surface area contributed by atoms with Gasteiger partial charge < -0.3 is 14.6 Å². The molecule has 0 spiro atoms. The number of pyridine rings is 1. The fraction of sp³-hybridized carbons (Fsp3) is 0.333. The molecule has 1 heterocycles. The fourth-order valence-electron chi connectivity index (χ4n) is 2.45. The van der Waals surface area contributed by atoms with E-state index in [2.05, 4.69) is 20.9 Å². The van der Waals surface area contributed by atoms with Crippen molar-refractivity contribution in [1.82, 2.24) is 4.98 Å². The van der Waals surface area contributed by atoms with E-state index in [0.29, 0.717) is 42.0 Å². The van der Waals surface area contributed by atoms with E-state index >= 15 is 0 Å². The largest absolute Gasteiger partial charge is 0.477 e. The zero-order valence-electron chi connectivity index (χ0n) is 13.0. The molecular formula is C18H18BrNO4. The molecule has 24 heavy (non-hydrogen) atoms. The quantitative estimate of drug-likeness (QED) is 0.741. The van der Waals surface area contributed by atoms with Gasteiger partial charge in [-0.3, -0.25) is 0 Å². The monoisotopic (exact) mass is 391 g/mol. The first-order valence-electron chi connectivity index (χ1n) is 7.78. The van der Waals surface area contributed by atoms with Gasteiger partial charge in [0, 0.05) is 0 Å². The van der Waals surface area contributed by atoms with Gasteiger partial charge in [-0.2, -0.15) is 0 Å². The molecule has 1 unspecified atom stereocenters. The molecule has 0 amide bonds. The lowest BCUT2D eigenvalue weighted by Gasteiger charge is -2.08. The third kappa shape index (κ3) is 4.55. The smallest absolute Gasteiger partial charge is 0.354 e. The summed E-state index contributed by atoms with van der Waals surface area (Å²) < 4.78 is 12.1. The van der Waals surface area contributed by atoms with Crippen LogP contribution in [0.2, 0.25) is 0 Å². The third-order valence-electron chi connectivity index (χ3n) is 3.98. The molecule has 3 rings (SSSR count). The molecule has 0 saturated heterocycles. The molecule has 6 heteroatoms. The summed E-state index contributed by atoms with van der Waals surface area (Å²) in [5, 5.41) is 8.97. The summed E-state index contributed by atoms with van der Waals surface area (Å²) in [5.41, 5.74) is 1.15. The van der Waals surface area contributed by atoms with Gasteiger partial charge in [-0.05, 0) is 51.9 Å². The van der Waals surface area contributed by atoms with Gasteiger partial charge in [0.1, 0.15) is 0 Å². The highest BCUT2D eigenvalue weighted by molar-refractivity contribution is 9.10. The lowest BCUT2D eigenvalue weighted by molar-refractivity contribution is 0.0689. The number of rotatable bonds is 8. The first kappa shape index (κ1) is 16.9. The highest BCUT2D eigenvalue weighted by Gasteiger charge is 2.37. The van der Waals surface area contributed by atoms with Gasteiger partial charge in [-0.25, -0.2) is 9.78 Å². The number of aromatic nitrogens is 1. The minimum absolute atomic E-state index is 0.0215. The maximum Gasteiger partial charge on any atom is 0.354 e. The topological polar surface area (TPSA) is 68.7 Å². The van der Waals surface area contributed by atoms with Crippen molar-refractivity contribution in [3.05, 3.63) is 58.2 Å². The maximum atomic E-state index is 11.0. The predicted octanol–water partition coefficient (Wildman–Crippen LogP) is 3.77. The number of nitrogens with zero attached hydrogens (tertiary/aromatic N) is 1. The second-order valence-electron chi connectivity index (χ2n) is 5.86. The summed E-state index contributed by atoms with van der Waals surface area (Å²) in [6.45, 7) is 1.86. The molecule has 1 fully saturated rings. The van der Waals surface area contributed by atoms with E-state index in [1.807, 2.05) is 30.3 Å². The minimum atomic E-state index is -1.06. The standard InChI is InChI=1S/C18H18BrNO4/c19-15-6-7-16(18(21)22)20-17(15)24-11-14-8-13(14)10-23-9-12-4-2-1-3-5-12/h1-7,13-14H,8-11H2,(H,21,22)/t13-,14?/m1/s1. The summed E-state index contributed by atoms with van der Waals surface area (Å²) in [7, 11) is 0. The molecule has 2 atom stereocenters.